The number of nitrogens with zero attached hydrogens (tertiary/aromatic N) is 5. The Bertz CT molecular complexity index is 781. The van der Waals surface area contributed by atoms with Crippen molar-refractivity contribution < 1.29 is 4.79 Å². The van der Waals surface area contributed by atoms with Gasteiger partial charge < -0.3 is 10.2 Å². The first-order chi connectivity index (χ1) is 12.6. The smallest absolute Gasteiger partial charge is 0.224 e. The molecule has 0 fully saturated rings. The van der Waals surface area contributed by atoms with Crippen molar-refractivity contribution in [1.29, 1.82) is 0 Å². The number of nitrogens with one attached hydrogen (secondary N) is 1. The average Bonchev–Trinajstić information content (AvgIpc) is 2.61. The van der Waals surface area contributed by atoms with Crippen LogP contribution in [-0.2, 0) is 4.79 Å². The standard InChI is InChI=1S/C11H16BrClN4O.C4HBrCl2N2/c1-7(2)17(5-4-9(18)14-3)10-8(12)6-15-11(13)16-10;5-2-1-8-4(7)9-3(2)6/h6-7H,4-5H2,1-3H3,(H,14,18);1H. The minimum Gasteiger partial charge on any atom is -0.359 e. The Kier molecular flexibility index (Phi) is 10.8. The van der Waals surface area contributed by atoms with E-state index >= 15 is 0 Å². The second-order valence-corrected chi connectivity index (χ2v) is 8.04. The molecule has 148 valence electrons. The molecule has 0 aliphatic carbocycles. The lowest BCUT2D eigenvalue weighted by Crippen LogP contribution is -2.35. The van der Waals surface area contributed by atoms with Crippen molar-refractivity contribution in [1.82, 2.24) is 25.3 Å². The van der Waals surface area contributed by atoms with Crippen LogP contribution in [0.15, 0.2) is 21.3 Å². The zero-order chi connectivity index (χ0) is 20.6. The number of amides is 1. The van der Waals surface area contributed by atoms with Crippen LogP contribution in [0.1, 0.15) is 20.3 Å². The second kappa shape index (κ2) is 12.0. The second-order valence-electron chi connectivity index (χ2n) is 5.30. The lowest BCUT2D eigenvalue weighted by molar-refractivity contribution is -0.120. The first-order valence-corrected chi connectivity index (χ1v) is 10.4. The summed E-state index contributed by atoms with van der Waals surface area (Å²) in [5, 5.41) is 3.28. The Morgan fingerprint density at radius 3 is 2.15 bits per heavy atom. The lowest BCUT2D eigenvalue weighted by Gasteiger charge is -2.28. The third-order valence-corrected chi connectivity index (χ3v) is 5.14. The van der Waals surface area contributed by atoms with E-state index in [0.717, 1.165) is 4.47 Å². The van der Waals surface area contributed by atoms with Crippen LogP contribution in [0, 0.1) is 0 Å². The number of anilines is 1. The summed E-state index contributed by atoms with van der Waals surface area (Å²) in [6, 6.07) is 0.205. The molecule has 2 aromatic rings. The molecule has 7 nitrogen and oxygen atoms in total. The minimum atomic E-state index is -0.00285. The van der Waals surface area contributed by atoms with E-state index in [-0.39, 0.29) is 22.5 Å². The Morgan fingerprint density at radius 2 is 1.67 bits per heavy atom. The number of hydrogen-bond donors (Lipinski definition) is 1. The zero-order valence-electron chi connectivity index (χ0n) is 14.7. The molecule has 0 aliphatic rings. The molecule has 27 heavy (non-hydrogen) atoms. The van der Waals surface area contributed by atoms with E-state index < -0.39 is 0 Å². The van der Waals surface area contributed by atoms with Crippen LogP contribution < -0.4 is 10.2 Å². The van der Waals surface area contributed by atoms with Gasteiger partial charge in [-0.25, -0.2) is 15.0 Å². The molecule has 0 saturated heterocycles. The van der Waals surface area contributed by atoms with Crippen LogP contribution in [0.5, 0.6) is 0 Å². The molecule has 2 heterocycles. The highest BCUT2D eigenvalue weighted by atomic mass is 79.9. The first-order valence-electron chi connectivity index (χ1n) is 7.64. The van der Waals surface area contributed by atoms with Gasteiger partial charge in [-0.3, -0.25) is 4.79 Å². The van der Waals surface area contributed by atoms with E-state index in [1.807, 2.05) is 18.7 Å². The molecule has 2 rings (SSSR count). The molecule has 1 N–H and O–H groups in total. The number of aromatic nitrogens is 4. The number of hydrogen-bond acceptors (Lipinski definition) is 6. The van der Waals surface area contributed by atoms with Gasteiger partial charge in [0.1, 0.15) is 11.0 Å². The molecule has 12 heteroatoms. The maximum atomic E-state index is 11.3. The summed E-state index contributed by atoms with van der Waals surface area (Å²) < 4.78 is 1.41. The predicted octanol–water partition coefficient (Wildman–Crippen LogP) is 4.79. The van der Waals surface area contributed by atoms with E-state index in [1.165, 1.54) is 6.20 Å². The minimum absolute atomic E-state index is 0.00285. The van der Waals surface area contributed by atoms with Crippen molar-refractivity contribution in [2.45, 2.75) is 26.3 Å². The van der Waals surface area contributed by atoms with E-state index in [2.05, 4.69) is 57.1 Å². The summed E-state index contributed by atoms with van der Waals surface area (Å²) >= 11 is 23.2. The lowest BCUT2D eigenvalue weighted by atomic mass is 10.2. The molecule has 0 saturated carbocycles. The molecular formula is C15H17Br2Cl3N6O. The van der Waals surface area contributed by atoms with Gasteiger partial charge in [0, 0.05) is 38.4 Å². The monoisotopic (exact) mass is 560 g/mol. The van der Waals surface area contributed by atoms with Gasteiger partial charge in [-0.05, 0) is 68.9 Å². The average molecular weight is 564 g/mol. The number of carbonyl (C=O) groups excluding carboxylic acids is 1. The summed E-state index contributed by atoms with van der Waals surface area (Å²) in [5.41, 5.74) is 0. The maximum Gasteiger partial charge on any atom is 0.224 e. The summed E-state index contributed by atoms with van der Waals surface area (Å²) in [4.78, 5) is 28.7. The van der Waals surface area contributed by atoms with E-state index in [9.17, 15) is 4.79 Å². The summed E-state index contributed by atoms with van der Waals surface area (Å²) in [7, 11) is 1.62. The molecule has 2 aromatic heterocycles. The third kappa shape index (κ3) is 8.43. The normalized spacial score (nSPS) is 10.3. The van der Waals surface area contributed by atoms with Crippen LogP contribution in [0.25, 0.3) is 0 Å². The molecule has 0 radical (unpaired) electrons. The van der Waals surface area contributed by atoms with Crippen molar-refractivity contribution in [2.75, 3.05) is 18.5 Å². The fourth-order valence-electron chi connectivity index (χ4n) is 1.82. The molecule has 0 atom stereocenters. The van der Waals surface area contributed by atoms with E-state index in [1.54, 1.807) is 13.2 Å². The fourth-order valence-corrected chi connectivity index (χ4v) is 2.86. The number of rotatable bonds is 5. The molecular weight excluding hydrogens is 546 g/mol. The summed E-state index contributed by atoms with van der Waals surface area (Å²) in [6.07, 6.45) is 3.51. The molecule has 0 unspecified atom stereocenters. The van der Waals surface area contributed by atoms with Crippen molar-refractivity contribution in [3.05, 3.63) is 37.1 Å². The Hall–Kier alpha value is -0.740. The zero-order valence-corrected chi connectivity index (χ0v) is 20.1. The Labute approximate surface area is 189 Å². The Balaban J connectivity index is 0.000000337. The Morgan fingerprint density at radius 1 is 1.11 bits per heavy atom. The first kappa shape index (κ1) is 24.3. The highest BCUT2D eigenvalue weighted by molar-refractivity contribution is 9.11. The third-order valence-electron chi connectivity index (χ3n) is 3.12. The van der Waals surface area contributed by atoms with Crippen LogP contribution in [0.4, 0.5) is 5.82 Å². The summed E-state index contributed by atoms with van der Waals surface area (Å²) in [6.45, 7) is 4.64. The van der Waals surface area contributed by atoms with Crippen molar-refractivity contribution in [2.24, 2.45) is 0 Å². The van der Waals surface area contributed by atoms with Crippen molar-refractivity contribution in [3.8, 4) is 0 Å². The number of halogens is 5. The van der Waals surface area contributed by atoms with Gasteiger partial charge >= 0.3 is 0 Å². The van der Waals surface area contributed by atoms with E-state index in [4.69, 9.17) is 34.8 Å². The molecule has 0 aromatic carbocycles. The van der Waals surface area contributed by atoms with Crippen molar-refractivity contribution in [3.63, 3.8) is 0 Å². The highest BCUT2D eigenvalue weighted by Crippen LogP contribution is 2.26. The summed E-state index contributed by atoms with van der Waals surface area (Å²) in [5.74, 6) is 0.700. The topological polar surface area (TPSA) is 83.9 Å². The van der Waals surface area contributed by atoms with Gasteiger partial charge in [0.15, 0.2) is 0 Å². The van der Waals surface area contributed by atoms with Gasteiger partial charge in [0.05, 0.1) is 8.95 Å². The largest absolute Gasteiger partial charge is 0.359 e. The van der Waals surface area contributed by atoms with Gasteiger partial charge in [-0.2, -0.15) is 4.98 Å². The van der Waals surface area contributed by atoms with Crippen molar-refractivity contribution >= 4 is 78.4 Å². The van der Waals surface area contributed by atoms with Gasteiger partial charge in [-0.15, -0.1) is 0 Å². The van der Waals surface area contributed by atoms with E-state index in [0.29, 0.717) is 28.4 Å². The molecule has 0 bridgehead atoms. The van der Waals surface area contributed by atoms with Gasteiger partial charge in [0.25, 0.3) is 0 Å². The fraction of sp³-hybridized carbons (Fsp3) is 0.400. The maximum absolute atomic E-state index is 11.3. The van der Waals surface area contributed by atoms with Gasteiger partial charge in [-0.1, -0.05) is 11.6 Å². The molecule has 1 amide bonds. The number of carbonyl (C=O) groups is 1. The van der Waals surface area contributed by atoms with Crippen LogP contribution >= 0.6 is 66.7 Å². The predicted molar refractivity (Wildman–Crippen MR) is 116 cm³/mol. The molecule has 0 aliphatic heterocycles. The molecule has 0 spiro atoms. The van der Waals surface area contributed by atoms with Gasteiger partial charge in [0.2, 0.25) is 16.5 Å². The van der Waals surface area contributed by atoms with Crippen LogP contribution in [0.2, 0.25) is 15.7 Å². The van der Waals surface area contributed by atoms with Crippen LogP contribution in [-0.4, -0.2) is 45.5 Å². The SMILES string of the molecule is CNC(=O)CCN(c1nc(Cl)ncc1Br)C(C)C.Clc1ncc(Br)c(Cl)n1. The van der Waals surface area contributed by atoms with Crippen LogP contribution in [0.3, 0.4) is 0 Å². The quantitative estimate of drug-likeness (QED) is 0.416. The highest BCUT2D eigenvalue weighted by Gasteiger charge is 2.17.